The highest BCUT2D eigenvalue weighted by Crippen LogP contribution is 2.35. The molecule has 0 heterocycles. The number of carbonyl (C=O) groups excluding carboxylic acids is 1. The lowest BCUT2D eigenvalue weighted by atomic mass is 9.91. The zero-order valence-electron chi connectivity index (χ0n) is 14.9. The van der Waals surface area contributed by atoms with Gasteiger partial charge in [-0.2, -0.15) is 0 Å². The second-order valence-corrected chi connectivity index (χ2v) is 7.05. The second-order valence-electron chi connectivity index (χ2n) is 7.05. The van der Waals surface area contributed by atoms with Crippen molar-refractivity contribution < 1.29 is 9.90 Å². The molecule has 1 amide bonds. The van der Waals surface area contributed by atoms with Crippen LogP contribution < -0.4 is 5.32 Å². The first-order valence-corrected chi connectivity index (χ1v) is 8.79. The Morgan fingerprint density at radius 1 is 1.12 bits per heavy atom. The molecule has 1 aliphatic carbocycles. The van der Waals surface area contributed by atoms with Gasteiger partial charge in [-0.25, -0.2) is 0 Å². The van der Waals surface area contributed by atoms with Crippen molar-refractivity contribution in [1.82, 2.24) is 10.2 Å². The van der Waals surface area contributed by atoms with Crippen LogP contribution in [-0.4, -0.2) is 41.1 Å². The Kier molecular flexibility index (Phi) is 5.21. The molecular formula is C21H26N2O2. The van der Waals surface area contributed by atoms with Gasteiger partial charge in [0.25, 0.3) is 0 Å². The molecule has 0 bridgehead atoms. The van der Waals surface area contributed by atoms with E-state index in [0.717, 1.165) is 0 Å². The number of benzene rings is 2. The smallest absolute Gasteiger partial charge is 0.241 e. The third-order valence-corrected chi connectivity index (χ3v) is 5.15. The maximum absolute atomic E-state index is 13.2. The molecule has 2 aromatic rings. The van der Waals surface area contributed by atoms with E-state index in [2.05, 4.69) is 34.5 Å². The topological polar surface area (TPSA) is 52.6 Å². The van der Waals surface area contributed by atoms with Crippen LogP contribution in [0.3, 0.4) is 0 Å². The van der Waals surface area contributed by atoms with E-state index in [-0.39, 0.29) is 18.6 Å². The van der Waals surface area contributed by atoms with Crippen LogP contribution in [0.25, 0.3) is 0 Å². The van der Waals surface area contributed by atoms with Gasteiger partial charge in [-0.3, -0.25) is 9.69 Å². The van der Waals surface area contributed by atoms with Gasteiger partial charge in [0.15, 0.2) is 0 Å². The fourth-order valence-electron chi connectivity index (χ4n) is 3.61. The number of nitrogens with one attached hydrogen (secondary N) is 1. The number of aliphatic hydroxyl groups is 1. The van der Waals surface area contributed by atoms with Crippen LogP contribution in [0.15, 0.2) is 54.6 Å². The van der Waals surface area contributed by atoms with Crippen molar-refractivity contribution >= 4 is 5.91 Å². The number of hydrogen-bond donors (Lipinski definition) is 2. The number of hydrogen-bond acceptors (Lipinski definition) is 3. The van der Waals surface area contributed by atoms with Gasteiger partial charge >= 0.3 is 0 Å². The highest BCUT2D eigenvalue weighted by Gasteiger charge is 2.47. The van der Waals surface area contributed by atoms with Crippen LogP contribution in [-0.2, 0) is 24.2 Å². The first-order valence-electron chi connectivity index (χ1n) is 8.79. The van der Waals surface area contributed by atoms with Crippen LogP contribution in [0.2, 0.25) is 0 Å². The van der Waals surface area contributed by atoms with E-state index in [4.69, 9.17) is 0 Å². The van der Waals surface area contributed by atoms with Gasteiger partial charge in [0.05, 0.1) is 6.61 Å². The summed E-state index contributed by atoms with van der Waals surface area (Å²) < 4.78 is 0. The van der Waals surface area contributed by atoms with Crippen molar-refractivity contribution in [1.29, 1.82) is 0 Å². The summed E-state index contributed by atoms with van der Waals surface area (Å²) in [6.07, 6.45) is 1.38. The van der Waals surface area contributed by atoms with Gasteiger partial charge in [0.1, 0.15) is 5.54 Å². The number of aliphatic hydroxyl groups excluding tert-OH is 1. The summed E-state index contributed by atoms with van der Waals surface area (Å²) in [7, 11) is 2.02. The Morgan fingerprint density at radius 2 is 1.68 bits per heavy atom. The molecule has 0 radical (unpaired) electrons. The van der Waals surface area contributed by atoms with Crippen molar-refractivity contribution in [3.05, 3.63) is 71.3 Å². The van der Waals surface area contributed by atoms with Gasteiger partial charge in [-0.1, -0.05) is 54.6 Å². The minimum atomic E-state index is -0.622. The summed E-state index contributed by atoms with van der Waals surface area (Å²) >= 11 is 0. The average Bonchev–Trinajstić information content (AvgIpc) is 3.03. The molecule has 1 unspecified atom stereocenters. The van der Waals surface area contributed by atoms with E-state index in [0.29, 0.717) is 19.4 Å². The molecule has 3 rings (SSSR count). The van der Waals surface area contributed by atoms with E-state index in [1.807, 2.05) is 44.3 Å². The van der Waals surface area contributed by atoms with E-state index < -0.39 is 5.54 Å². The fraction of sp³-hybridized carbons (Fsp3) is 0.381. The van der Waals surface area contributed by atoms with Crippen molar-refractivity contribution in [2.75, 3.05) is 13.7 Å². The molecule has 0 saturated heterocycles. The zero-order chi connectivity index (χ0) is 17.9. The lowest BCUT2D eigenvalue weighted by Gasteiger charge is -2.38. The molecule has 4 nitrogen and oxygen atoms in total. The second kappa shape index (κ2) is 7.38. The number of carbonyl (C=O) groups is 1. The largest absolute Gasteiger partial charge is 0.394 e. The predicted octanol–water partition coefficient (Wildman–Crippen LogP) is 2.15. The Hall–Kier alpha value is -2.17. The molecule has 1 atom stereocenters. The molecule has 2 aromatic carbocycles. The minimum Gasteiger partial charge on any atom is -0.394 e. The van der Waals surface area contributed by atoms with Gasteiger partial charge in [0.2, 0.25) is 5.91 Å². The Labute approximate surface area is 149 Å². The van der Waals surface area contributed by atoms with Crippen molar-refractivity contribution in [2.24, 2.45) is 0 Å². The molecule has 0 fully saturated rings. The third-order valence-electron chi connectivity index (χ3n) is 5.15. The maximum atomic E-state index is 13.2. The summed E-state index contributed by atoms with van der Waals surface area (Å²) in [5, 5.41) is 12.3. The summed E-state index contributed by atoms with van der Waals surface area (Å²) in [5.74, 6) is -0.0105. The fourth-order valence-corrected chi connectivity index (χ4v) is 3.61. The summed E-state index contributed by atoms with van der Waals surface area (Å²) in [6.45, 7) is 2.47. The van der Waals surface area contributed by atoms with Crippen LogP contribution in [0.1, 0.15) is 23.6 Å². The standard InChI is InChI=1S/C21H26N2O2/c1-16(15-24)22-20(25)21(12-18-10-6-7-11-19(18)13-21)23(2)14-17-8-4-3-5-9-17/h3-11,16,24H,12-15H2,1-2H3,(H,22,25). The number of nitrogens with zero attached hydrogens (tertiary/aromatic N) is 1. The first-order chi connectivity index (χ1) is 12.0. The molecule has 132 valence electrons. The number of fused-ring (bicyclic) bond motifs is 1. The van der Waals surface area contributed by atoms with E-state index in [9.17, 15) is 9.90 Å². The summed E-state index contributed by atoms with van der Waals surface area (Å²) in [6, 6.07) is 18.2. The molecule has 0 aliphatic heterocycles. The molecule has 0 saturated carbocycles. The van der Waals surface area contributed by atoms with Crippen molar-refractivity contribution in [3.8, 4) is 0 Å². The first kappa shape index (κ1) is 17.6. The highest BCUT2D eigenvalue weighted by molar-refractivity contribution is 5.88. The average molecular weight is 338 g/mol. The van der Waals surface area contributed by atoms with E-state index in [1.54, 1.807) is 0 Å². The normalized spacial score (nSPS) is 16.5. The third kappa shape index (κ3) is 3.60. The lowest BCUT2D eigenvalue weighted by Crippen LogP contribution is -2.59. The number of rotatable bonds is 6. The molecule has 1 aliphatic rings. The van der Waals surface area contributed by atoms with Crippen molar-refractivity contribution in [2.45, 2.75) is 37.9 Å². The highest BCUT2D eigenvalue weighted by atomic mass is 16.3. The van der Waals surface area contributed by atoms with E-state index >= 15 is 0 Å². The molecule has 2 N–H and O–H groups in total. The molecule has 25 heavy (non-hydrogen) atoms. The molecule has 0 aromatic heterocycles. The Bertz CT molecular complexity index is 705. The monoisotopic (exact) mass is 338 g/mol. The van der Waals surface area contributed by atoms with Crippen molar-refractivity contribution in [3.63, 3.8) is 0 Å². The number of amides is 1. The minimum absolute atomic E-state index is 0.0105. The summed E-state index contributed by atoms with van der Waals surface area (Å²) in [4.78, 5) is 15.3. The quantitative estimate of drug-likeness (QED) is 0.849. The van der Waals surface area contributed by atoms with E-state index in [1.165, 1.54) is 16.7 Å². The van der Waals surface area contributed by atoms with Crippen LogP contribution in [0, 0.1) is 0 Å². The van der Waals surface area contributed by atoms with Crippen LogP contribution in [0.5, 0.6) is 0 Å². The molecular weight excluding hydrogens is 312 g/mol. The molecule has 4 heteroatoms. The van der Waals surface area contributed by atoms with Gasteiger partial charge in [-0.15, -0.1) is 0 Å². The van der Waals surface area contributed by atoms with Gasteiger partial charge in [0, 0.05) is 25.4 Å². The maximum Gasteiger partial charge on any atom is 0.241 e. The zero-order valence-corrected chi connectivity index (χ0v) is 14.9. The van der Waals surface area contributed by atoms with Gasteiger partial charge < -0.3 is 10.4 Å². The molecule has 0 spiro atoms. The van der Waals surface area contributed by atoms with Gasteiger partial charge in [-0.05, 0) is 30.7 Å². The number of likely N-dealkylation sites (N-methyl/N-ethyl adjacent to an activating group) is 1. The summed E-state index contributed by atoms with van der Waals surface area (Å²) in [5.41, 5.74) is 3.02. The SMILES string of the molecule is CC(CO)NC(=O)C1(N(C)Cc2ccccc2)Cc2ccccc2C1. The van der Waals surface area contributed by atoms with Crippen LogP contribution >= 0.6 is 0 Å². The van der Waals surface area contributed by atoms with Crippen LogP contribution in [0.4, 0.5) is 0 Å². The Morgan fingerprint density at radius 3 is 2.24 bits per heavy atom. The predicted molar refractivity (Wildman–Crippen MR) is 99.2 cm³/mol. The lowest BCUT2D eigenvalue weighted by molar-refractivity contribution is -0.133. The Balaban J connectivity index is 1.89.